The summed E-state index contributed by atoms with van der Waals surface area (Å²) in [5.74, 6) is 0.901. The minimum atomic E-state index is -0.593. The maximum atomic E-state index is 11.5. The number of nitrogen functional groups attached to an aromatic ring is 1. The third-order valence-corrected chi connectivity index (χ3v) is 2.80. The average Bonchev–Trinajstić information content (AvgIpc) is 2.48. The molecule has 0 aliphatic carbocycles. The molecule has 5 nitrogen and oxygen atoms in total. The Kier molecular flexibility index (Phi) is 4.66. The smallest absolute Gasteiger partial charge is 0.252 e. The van der Waals surface area contributed by atoms with Crippen LogP contribution < -0.4 is 20.9 Å². The van der Waals surface area contributed by atoms with Gasteiger partial charge in [-0.3, -0.25) is 4.79 Å². The lowest BCUT2D eigenvalue weighted by atomic mass is 10.1. The van der Waals surface area contributed by atoms with Crippen LogP contribution in [0.25, 0.3) is 0 Å². The lowest BCUT2D eigenvalue weighted by Gasteiger charge is -2.13. The number of hydrogen-bond acceptors (Lipinski definition) is 4. The average molecular weight is 286 g/mol. The zero-order valence-corrected chi connectivity index (χ0v) is 11.8. The molecular weight excluding hydrogens is 268 g/mol. The molecule has 110 valence electrons. The van der Waals surface area contributed by atoms with E-state index in [9.17, 15) is 4.79 Å². The highest BCUT2D eigenvalue weighted by Gasteiger charge is 2.13. The van der Waals surface area contributed by atoms with Crippen LogP contribution in [0.5, 0.6) is 17.2 Å². The van der Waals surface area contributed by atoms with E-state index in [-0.39, 0.29) is 5.56 Å². The van der Waals surface area contributed by atoms with Gasteiger partial charge in [0.1, 0.15) is 5.75 Å². The molecule has 2 aromatic carbocycles. The summed E-state index contributed by atoms with van der Waals surface area (Å²) in [6.45, 7) is 2.61. The number of carbonyl (C=O) groups is 1. The molecule has 4 N–H and O–H groups in total. The fraction of sp³-hybridized carbons (Fsp3) is 0.188. The zero-order chi connectivity index (χ0) is 15.2. The number of hydrogen-bond donors (Lipinski definition) is 2. The van der Waals surface area contributed by atoms with E-state index in [0.29, 0.717) is 29.5 Å². The van der Waals surface area contributed by atoms with Crippen LogP contribution in [0, 0.1) is 0 Å². The third kappa shape index (κ3) is 3.66. The summed E-state index contributed by atoms with van der Waals surface area (Å²) >= 11 is 0. The van der Waals surface area contributed by atoms with Gasteiger partial charge < -0.3 is 20.9 Å². The van der Waals surface area contributed by atoms with Crippen molar-refractivity contribution in [1.29, 1.82) is 0 Å². The van der Waals surface area contributed by atoms with Gasteiger partial charge in [-0.25, -0.2) is 0 Å². The molecule has 0 heterocycles. The lowest BCUT2D eigenvalue weighted by Crippen LogP contribution is -2.12. The summed E-state index contributed by atoms with van der Waals surface area (Å²) in [6, 6.07) is 12.0. The minimum absolute atomic E-state index is 0.236. The van der Waals surface area contributed by atoms with Crippen LogP contribution in [-0.2, 0) is 0 Å². The highest BCUT2D eigenvalue weighted by molar-refractivity contribution is 5.96. The topological polar surface area (TPSA) is 87.6 Å². The Hall–Kier alpha value is -2.69. The Balaban J connectivity index is 2.32. The molecule has 0 aliphatic heterocycles. The van der Waals surface area contributed by atoms with Crippen molar-refractivity contribution in [3.8, 4) is 17.2 Å². The number of rotatable bonds is 6. The summed E-state index contributed by atoms with van der Waals surface area (Å²) in [5, 5.41) is 0. The lowest BCUT2D eigenvalue weighted by molar-refractivity contribution is 0.0998. The van der Waals surface area contributed by atoms with Gasteiger partial charge >= 0.3 is 0 Å². The molecule has 0 unspecified atom stereocenters. The van der Waals surface area contributed by atoms with E-state index >= 15 is 0 Å². The summed E-state index contributed by atoms with van der Waals surface area (Å²) < 4.78 is 11.4. The van der Waals surface area contributed by atoms with Crippen molar-refractivity contribution in [2.24, 2.45) is 5.73 Å². The number of para-hydroxylation sites is 2. The van der Waals surface area contributed by atoms with Crippen LogP contribution in [0.4, 0.5) is 5.69 Å². The van der Waals surface area contributed by atoms with Crippen molar-refractivity contribution in [3.05, 3.63) is 48.0 Å². The van der Waals surface area contributed by atoms with E-state index in [1.54, 1.807) is 18.2 Å². The van der Waals surface area contributed by atoms with Crippen LogP contribution in [0.2, 0.25) is 0 Å². The number of anilines is 1. The SMILES string of the molecule is CCCOc1ccccc1Oc1ccc(N)cc1C(N)=O. The fourth-order valence-electron chi connectivity index (χ4n) is 1.81. The van der Waals surface area contributed by atoms with Crippen LogP contribution in [0.15, 0.2) is 42.5 Å². The largest absolute Gasteiger partial charge is 0.490 e. The first-order chi connectivity index (χ1) is 10.1. The van der Waals surface area contributed by atoms with Gasteiger partial charge in [-0.05, 0) is 36.8 Å². The number of amides is 1. The van der Waals surface area contributed by atoms with Crippen molar-refractivity contribution < 1.29 is 14.3 Å². The van der Waals surface area contributed by atoms with Crippen molar-refractivity contribution in [2.75, 3.05) is 12.3 Å². The maximum absolute atomic E-state index is 11.5. The second-order valence-corrected chi connectivity index (χ2v) is 4.52. The van der Waals surface area contributed by atoms with E-state index < -0.39 is 5.91 Å². The third-order valence-electron chi connectivity index (χ3n) is 2.80. The number of carbonyl (C=O) groups excluding carboxylic acids is 1. The predicted octanol–water partition coefficient (Wildman–Crippen LogP) is 2.95. The van der Waals surface area contributed by atoms with Crippen LogP contribution in [0.3, 0.4) is 0 Å². The maximum Gasteiger partial charge on any atom is 0.252 e. The van der Waals surface area contributed by atoms with Gasteiger partial charge in [0, 0.05) is 5.69 Å². The molecule has 0 spiro atoms. The summed E-state index contributed by atoms with van der Waals surface area (Å²) in [5.41, 5.74) is 11.7. The highest BCUT2D eigenvalue weighted by atomic mass is 16.5. The molecule has 2 rings (SSSR count). The van der Waals surface area contributed by atoms with Gasteiger partial charge in [0.25, 0.3) is 5.91 Å². The number of nitrogens with two attached hydrogens (primary N) is 2. The molecule has 0 radical (unpaired) electrons. The summed E-state index contributed by atoms with van der Waals surface area (Å²) in [4.78, 5) is 11.5. The van der Waals surface area contributed by atoms with E-state index in [1.165, 1.54) is 6.07 Å². The molecule has 0 aliphatic rings. The van der Waals surface area contributed by atoms with Gasteiger partial charge in [0.05, 0.1) is 12.2 Å². The molecule has 0 fully saturated rings. The van der Waals surface area contributed by atoms with Crippen molar-refractivity contribution in [2.45, 2.75) is 13.3 Å². The van der Waals surface area contributed by atoms with Crippen LogP contribution in [0.1, 0.15) is 23.7 Å². The van der Waals surface area contributed by atoms with E-state index in [0.717, 1.165) is 6.42 Å². The fourth-order valence-corrected chi connectivity index (χ4v) is 1.81. The van der Waals surface area contributed by atoms with E-state index in [4.69, 9.17) is 20.9 Å². The first kappa shape index (κ1) is 14.7. The van der Waals surface area contributed by atoms with Crippen molar-refractivity contribution in [1.82, 2.24) is 0 Å². The monoisotopic (exact) mass is 286 g/mol. The zero-order valence-electron chi connectivity index (χ0n) is 11.8. The van der Waals surface area contributed by atoms with Crippen molar-refractivity contribution in [3.63, 3.8) is 0 Å². The molecule has 0 saturated heterocycles. The molecule has 1 amide bonds. The second kappa shape index (κ2) is 6.65. The molecule has 5 heteroatoms. The van der Waals surface area contributed by atoms with Crippen molar-refractivity contribution >= 4 is 11.6 Å². The molecule has 21 heavy (non-hydrogen) atoms. The standard InChI is InChI=1S/C16H18N2O3/c1-2-9-20-14-5-3-4-6-15(14)21-13-8-7-11(17)10-12(13)16(18)19/h3-8,10H,2,9,17H2,1H3,(H2,18,19). The Morgan fingerprint density at radius 3 is 2.48 bits per heavy atom. The van der Waals surface area contributed by atoms with Gasteiger partial charge in [-0.15, -0.1) is 0 Å². The van der Waals surface area contributed by atoms with Crippen LogP contribution >= 0.6 is 0 Å². The van der Waals surface area contributed by atoms with E-state index in [2.05, 4.69) is 0 Å². The molecule has 0 aromatic heterocycles. The van der Waals surface area contributed by atoms with Gasteiger partial charge in [-0.1, -0.05) is 19.1 Å². The summed E-state index contributed by atoms with van der Waals surface area (Å²) in [7, 11) is 0. The quantitative estimate of drug-likeness (QED) is 0.799. The Morgan fingerprint density at radius 2 is 1.81 bits per heavy atom. The first-order valence-corrected chi connectivity index (χ1v) is 6.71. The molecule has 2 aromatic rings. The summed E-state index contributed by atoms with van der Waals surface area (Å²) in [6.07, 6.45) is 0.892. The molecule has 0 bridgehead atoms. The van der Waals surface area contributed by atoms with Gasteiger partial charge in [0.2, 0.25) is 0 Å². The molecule has 0 saturated carbocycles. The highest BCUT2D eigenvalue weighted by Crippen LogP contribution is 2.33. The Morgan fingerprint density at radius 1 is 1.10 bits per heavy atom. The van der Waals surface area contributed by atoms with Crippen LogP contribution in [-0.4, -0.2) is 12.5 Å². The Bertz CT molecular complexity index is 641. The first-order valence-electron chi connectivity index (χ1n) is 6.71. The minimum Gasteiger partial charge on any atom is -0.490 e. The Labute approximate surface area is 123 Å². The molecule has 0 atom stereocenters. The molecular formula is C16H18N2O3. The normalized spacial score (nSPS) is 10.1. The van der Waals surface area contributed by atoms with E-state index in [1.807, 2.05) is 25.1 Å². The second-order valence-electron chi connectivity index (χ2n) is 4.52. The number of ether oxygens (including phenoxy) is 2. The number of benzene rings is 2. The van der Waals surface area contributed by atoms with Gasteiger partial charge in [0.15, 0.2) is 11.5 Å². The predicted molar refractivity (Wildman–Crippen MR) is 81.7 cm³/mol. The number of primary amides is 1. The van der Waals surface area contributed by atoms with Gasteiger partial charge in [-0.2, -0.15) is 0 Å².